The number of hydrogen-bond donors (Lipinski definition) is 1. The number of carbonyl (C=O) groups excluding carboxylic acids is 1. The number of fused-ring (bicyclic) bond motifs is 1. The molecule has 0 spiro atoms. The third-order valence-corrected chi connectivity index (χ3v) is 5.00. The van der Waals surface area contributed by atoms with Gasteiger partial charge in [-0.05, 0) is 32.8 Å². The highest BCUT2D eigenvalue weighted by atomic mass is 32.1. The first-order valence-corrected chi connectivity index (χ1v) is 7.86. The van der Waals surface area contributed by atoms with Gasteiger partial charge < -0.3 is 10.0 Å². The van der Waals surface area contributed by atoms with Crippen molar-refractivity contribution in [3.05, 3.63) is 35.2 Å². The van der Waals surface area contributed by atoms with E-state index < -0.39 is 5.60 Å². The molecule has 4 heteroatoms. The number of thiophene rings is 1. The molecule has 1 N–H and O–H groups in total. The number of benzene rings is 1. The number of rotatable bonds is 2. The van der Waals surface area contributed by atoms with E-state index in [0.717, 1.165) is 35.0 Å². The number of aliphatic hydroxyl groups is 1. The third-order valence-electron chi connectivity index (χ3n) is 4.04. The standard InChI is InChI=1S/C16H19NO2S/c1-16(2,19)14-8-5-9-17(14)15(18)12-10-20-13-7-4-3-6-11(12)13/h3-4,6-7,10,14,19H,5,8-9H2,1-2H3. The monoisotopic (exact) mass is 289 g/mol. The maximum Gasteiger partial charge on any atom is 0.255 e. The van der Waals surface area contributed by atoms with Crippen LogP contribution in [-0.2, 0) is 0 Å². The summed E-state index contributed by atoms with van der Waals surface area (Å²) in [4.78, 5) is 14.6. The molecule has 1 aromatic carbocycles. The molecule has 0 aliphatic carbocycles. The Kier molecular flexibility index (Phi) is 3.30. The van der Waals surface area contributed by atoms with Gasteiger partial charge in [-0.25, -0.2) is 0 Å². The van der Waals surface area contributed by atoms with E-state index in [-0.39, 0.29) is 11.9 Å². The van der Waals surface area contributed by atoms with E-state index in [4.69, 9.17) is 0 Å². The predicted molar refractivity (Wildman–Crippen MR) is 82.2 cm³/mol. The van der Waals surface area contributed by atoms with Gasteiger partial charge in [0, 0.05) is 22.0 Å². The van der Waals surface area contributed by atoms with Crippen molar-refractivity contribution in [1.82, 2.24) is 4.90 Å². The molecule has 0 radical (unpaired) electrons. The first-order chi connectivity index (χ1) is 9.48. The zero-order chi connectivity index (χ0) is 14.3. The van der Waals surface area contributed by atoms with Gasteiger partial charge in [0.25, 0.3) is 5.91 Å². The fourth-order valence-electron chi connectivity index (χ4n) is 3.04. The quantitative estimate of drug-likeness (QED) is 0.921. The minimum atomic E-state index is -0.849. The molecule has 0 bridgehead atoms. The molecule has 3 nitrogen and oxygen atoms in total. The Morgan fingerprint density at radius 3 is 2.90 bits per heavy atom. The Morgan fingerprint density at radius 2 is 2.15 bits per heavy atom. The molecular weight excluding hydrogens is 270 g/mol. The second kappa shape index (κ2) is 4.86. The first-order valence-electron chi connectivity index (χ1n) is 6.98. The van der Waals surface area contributed by atoms with Crippen molar-refractivity contribution >= 4 is 27.3 Å². The fourth-order valence-corrected chi connectivity index (χ4v) is 3.98. The van der Waals surface area contributed by atoms with Crippen molar-refractivity contribution in [3.8, 4) is 0 Å². The summed E-state index contributed by atoms with van der Waals surface area (Å²) >= 11 is 1.60. The van der Waals surface area contributed by atoms with E-state index in [2.05, 4.69) is 0 Å². The zero-order valence-corrected chi connectivity index (χ0v) is 12.6. The van der Waals surface area contributed by atoms with E-state index in [1.54, 1.807) is 25.2 Å². The maximum absolute atomic E-state index is 12.8. The summed E-state index contributed by atoms with van der Waals surface area (Å²) in [6.45, 7) is 4.31. The SMILES string of the molecule is CC(C)(O)C1CCCN1C(=O)c1csc2ccccc12. The maximum atomic E-state index is 12.8. The van der Waals surface area contributed by atoms with Crippen LogP contribution in [0, 0.1) is 0 Å². The van der Waals surface area contributed by atoms with Crippen molar-refractivity contribution < 1.29 is 9.90 Å². The summed E-state index contributed by atoms with van der Waals surface area (Å²) in [5, 5.41) is 13.2. The van der Waals surface area contributed by atoms with Gasteiger partial charge in [-0.15, -0.1) is 11.3 Å². The van der Waals surface area contributed by atoms with E-state index in [1.807, 2.05) is 34.5 Å². The molecule has 1 amide bonds. The number of nitrogens with zero attached hydrogens (tertiary/aromatic N) is 1. The average Bonchev–Trinajstić information content (AvgIpc) is 3.04. The van der Waals surface area contributed by atoms with Crippen LogP contribution in [0.4, 0.5) is 0 Å². The molecule has 1 fully saturated rings. The van der Waals surface area contributed by atoms with Gasteiger partial charge in [-0.2, -0.15) is 0 Å². The van der Waals surface area contributed by atoms with E-state index in [0.29, 0.717) is 0 Å². The second-order valence-corrected chi connectivity index (χ2v) is 6.87. The van der Waals surface area contributed by atoms with Crippen LogP contribution in [0.15, 0.2) is 29.6 Å². The molecule has 20 heavy (non-hydrogen) atoms. The number of likely N-dealkylation sites (tertiary alicyclic amines) is 1. The van der Waals surface area contributed by atoms with Crippen molar-refractivity contribution in [2.45, 2.75) is 38.3 Å². The van der Waals surface area contributed by atoms with Crippen LogP contribution < -0.4 is 0 Å². The molecule has 2 aromatic rings. The average molecular weight is 289 g/mol. The Bertz CT molecular complexity index is 641. The van der Waals surface area contributed by atoms with Crippen molar-refractivity contribution in [1.29, 1.82) is 0 Å². The molecule has 1 atom stereocenters. The van der Waals surface area contributed by atoms with Crippen molar-refractivity contribution in [3.63, 3.8) is 0 Å². The first kappa shape index (κ1) is 13.6. The Labute approximate surface area is 122 Å². The molecule has 1 saturated heterocycles. The van der Waals surface area contributed by atoms with Gasteiger partial charge in [0.1, 0.15) is 0 Å². The summed E-state index contributed by atoms with van der Waals surface area (Å²) < 4.78 is 1.13. The molecule has 1 unspecified atom stereocenters. The molecule has 1 aromatic heterocycles. The molecular formula is C16H19NO2S. The van der Waals surface area contributed by atoms with Crippen molar-refractivity contribution in [2.24, 2.45) is 0 Å². The minimum Gasteiger partial charge on any atom is -0.388 e. The fraction of sp³-hybridized carbons (Fsp3) is 0.438. The summed E-state index contributed by atoms with van der Waals surface area (Å²) in [5.74, 6) is 0.0482. The topological polar surface area (TPSA) is 40.5 Å². The van der Waals surface area contributed by atoms with Gasteiger partial charge >= 0.3 is 0 Å². The molecule has 2 heterocycles. The van der Waals surface area contributed by atoms with Crippen LogP contribution in [0.3, 0.4) is 0 Å². The predicted octanol–water partition coefficient (Wildman–Crippen LogP) is 3.28. The summed E-state index contributed by atoms with van der Waals surface area (Å²) in [7, 11) is 0. The Hall–Kier alpha value is -1.39. The van der Waals surface area contributed by atoms with Gasteiger partial charge in [-0.3, -0.25) is 4.79 Å². The number of amides is 1. The highest BCUT2D eigenvalue weighted by Gasteiger charge is 2.39. The lowest BCUT2D eigenvalue weighted by atomic mass is 9.96. The summed E-state index contributed by atoms with van der Waals surface area (Å²) in [6.07, 6.45) is 1.83. The number of hydrogen-bond acceptors (Lipinski definition) is 3. The zero-order valence-electron chi connectivity index (χ0n) is 11.8. The molecule has 1 aliphatic rings. The van der Waals surface area contributed by atoms with Gasteiger partial charge in [-0.1, -0.05) is 18.2 Å². The van der Waals surface area contributed by atoms with Crippen LogP contribution in [0.2, 0.25) is 0 Å². The molecule has 3 rings (SSSR count). The second-order valence-electron chi connectivity index (χ2n) is 5.96. The Morgan fingerprint density at radius 1 is 1.40 bits per heavy atom. The lowest BCUT2D eigenvalue weighted by Crippen LogP contribution is -2.48. The number of carbonyl (C=O) groups is 1. The highest BCUT2D eigenvalue weighted by molar-refractivity contribution is 7.17. The minimum absolute atomic E-state index is 0.0482. The van der Waals surface area contributed by atoms with Crippen LogP contribution in [-0.4, -0.2) is 34.1 Å². The lowest BCUT2D eigenvalue weighted by molar-refractivity contribution is 0.000427. The van der Waals surface area contributed by atoms with Gasteiger partial charge in [0.2, 0.25) is 0 Å². The van der Waals surface area contributed by atoms with Crippen LogP contribution in [0.5, 0.6) is 0 Å². The largest absolute Gasteiger partial charge is 0.388 e. The third kappa shape index (κ3) is 2.23. The summed E-state index contributed by atoms with van der Waals surface area (Å²) in [5.41, 5.74) is -0.0837. The molecule has 106 valence electrons. The normalized spacial score (nSPS) is 19.8. The lowest BCUT2D eigenvalue weighted by Gasteiger charge is -2.33. The van der Waals surface area contributed by atoms with Crippen LogP contribution >= 0.6 is 11.3 Å². The molecule has 1 aliphatic heterocycles. The molecule has 0 saturated carbocycles. The van der Waals surface area contributed by atoms with Crippen molar-refractivity contribution in [2.75, 3.05) is 6.54 Å². The van der Waals surface area contributed by atoms with Gasteiger partial charge in [0.05, 0.1) is 17.2 Å². The summed E-state index contributed by atoms with van der Waals surface area (Å²) in [6, 6.07) is 7.89. The van der Waals surface area contributed by atoms with E-state index in [1.165, 1.54) is 0 Å². The van der Waals surface area contributed by atoms with Gasteiger partial charge in [0.15, 0.2) is 0 Å². The van der Waals surface area contributed by atoms with Crippen LogP contribution in [0.1, 0.15) is 37.0 Å². The smallest absolute Gasteiger partial charge is 0.255 e. The van der Waals surface area contributed by atoms with Crippen LogP contribution in [0.25, 0.3) is 10.1 Å². The Balaban J connectivity index is 1.96. The highest BCUT2D eigenvalue weighted by Crippen LogP contribution is 2.32. The van der Waals surface area contributed by atoms with E-state index >= 15 is 0 Å². The van der Waals surface area contributed by atoms with E-state index in [9.17, 15) is 9.90 Å².